The Kier molecular flexibility index (Phi) is 2.28. The van der Waals surface area contributed by atoms with Crippen LogP contribution in [0.25, 0.3) is 0 Å². The number of benzene rings is 1. The van der Waals surface area contributed by atoms with Crippen LogP contribution in [0, 0.1) is 16.2 Å². The highest BCUT2D eigenvalue weighted by Gasteiger charge is 2.04. The lowest BCUT2D eigenvalue weighted by Gasteiger charge is -2.10. The first-order valence-electron chi connectivity index (χ1n) is 3.44. The van der Waals surface area contributed by atoms with Gasteiger partial charge in [0.05, 0.1) is 4.92 Å². The Hall–Kier alpha value is -1.58. The number of hydrogen-bond donors (Lipinski definition) is 0. The molecule has 0 aliphatic carbocycles. The van der Waals surface area contributed by atoms with Crippen molar-refractivity contribution in [2.45, 2.75) is 0 Å². The van der Waals surface area contributed by atoms with E-state index in [-0.39, 0.29) is 5.69 Å². The van der Waals surface area contributed by atoms with Gasteiger partial charge in [-0.15, -0.1) is 0 Å². The number of non-ortho nitro benzene ring substituents is 1. The number of rotatable bonds is 2. The van der Waals surface area contributed by atoms with Crippen molar-refractivity contribution in [1.29, 1.82) is 0 Å². The first-order chi connectivity index (χ1) is 5.61. The Balaban J connectivity index is 2.93. The Morgan fingerprint density at radius 1 is 1.50 bits per heavy atom. The van der Waals surface area contributed by atoms with E-state index in [9.17, 15) is 10.1 Å². The molecule has 0 amide bonds. The Morgan fingerprint density at radius 2 is 2.17 bits per heavy atom. The summed E-state index contributed by atoms with van der Waals surface area (Å²) in [4.78, 5) is 11.7. The second kappa shape index (κ2) is 3.21. The average Bonchev–Trinajstić information content (AvgIpc) is 2.04. The summed E-state index contributed by atoms with van der Waals surface area (Å²) in [7, 11) is 3.72. The average molecular weight is 165 g/mol. The van der Waals surface area contributed by atoms with E-state index < -0.39 is 4.92 Å². The molecule has 0 fully saturated rings. The smallest absolute Gasteiger partial charge is 0.270 e. The molecule has 1 radical (unpaired) electrons. The minimum Gasteiger partial charge on any atom is -0.377 e. The van der Waals surface area contributed by atoms with Crippen molar-refractivity contribution < 1.29 is 4.92 Å². The lowest BCUT2D eigenvalue weighted by atomic mass is 10.3. The van der Waals surface area contributed by atoms with Crippen LogP contribution < -0.4 is 4.90 Å². The molecule has 0 unspecified atom stereocenters. The van der Waals surface area contributed by atoms with Gasteiger partial charge in [-0.3, -0.25) is 10.1 Å². The van der Waals surface area contributed by atoms with E-state index in [1.165, 1.54) is 12.1 Å². The van der Waals surface area contributed by atoms with Crippen LogP contribution in [-0.2, 0) is 0 Å². The molecular formula is C8H9N2O2. The number of hydrogen-bond acceptors (Lipinski definition) is 3. The molecule has 1 aromatic rings. The van der Waals surface area contributed by atoms with E-state index in [1.807, 2.05) is 19.0 Å². The summed E-state index contributed by atoms with van der Waals surface area (Å²) in [6.07, 6.45) is 0. The number of nitrogens with zero attached hydrogens (tertiary/aromatic N) is 2. The largest absolute Gasteiger partial charge is 0.377 e. The van der Waals surface area contributed by atoms with Crippen LogP contribution in [0.5, 0.6) is 0 Å². The lowest BCUT2D eigenvalue weighted by Crippen LogP contribution is -2.08. The van der Waals surface area contributed by atoms with Crippen molar-refractivity contribution in [1.82, 2.24) is 0 Å². The standard InChI is InChI=1S/C8H9N2O2/c1-9(2)7-3-5-8(6-4-7)10(11)12/h3,5-6H,1-2H3. The first kappa shape index (κ1) is 8.52. The van der Waals surface area contributed by atoms with Gasteiger partial charge >= 0.3 is 0 Å². The Morgan fingerprint density at radius 3 is 2.50 bits per heavy atom. The van der Waals surface area contributed by atoms with Gasteiger partial charge in [-0.05, 0) is 6.07 Å². The fourth-order valence-electron chi connectivity index (χ4n) is 0.800. The maximum absolute atomic E-state index is 10.3. The highest BCUT2D eigenvalue weighted by Crippen LogP contribution is 2.15. The van der Waals surface area contributed by atoms with Crippen molar-refractivity contribution in [3.8, 4) is 0 Å². The molecule has 0 aliphatic heterocycles. The van der Waals surface area contributed by atoms with Gasteiger partial charge in [-0.25, -0.2) is 0 Å². The third kappa shape index (κ3) is 1.72. The first-order valence-corrected chi connectivity index (χ1v) is 3.44. The minimum absolute atomic E-state index is 0.0700. The van der Waals surface area contributed by atoms with E-state index >= 15 is 0 Å². The summed E-state index contributed by atoms with van der Waals surface area (Å²) >= 11 is 0. The molecule has 0 saturated carbocycles. The van der Waals surface area contributed by atoms with Crippen LogP contribution >= 0.6 is 0 Å². The summed E-state index contributed by atoms with van der Waals surface area (Å²) in [6.45, 7) is 0. The molecular weight excluding hydrogens is 156 g/mol. The zero-order chi connectivity index (χ0) is 9.14. The SMILES string of the molecule is CN(C)c1[c]cc([N+](=O)[O-])cc1. The monoisotopic (exact) mass is 165 g/mol. The fraction of sp³-hybridized carbons (Fsp3) is 0.250. The van der Waals surface area contributed by atoms with Crippen molar-refractivity contribution >= 4 is 11.4 Å². The maximum Gasteiger partial charge on any atom is 0.270 e. The molecule has 12 heavy (non-hydrogen) atoms. The van der Waals surface area contributed by atoms with Crippen LogP contribution in [0.4, 0.5) is 11.4 Å². The van der Waals surface area contributed by atoms with Gasteiger partial charge in [-0.2, -0.15) is 0 Å². The van der Waals surface area contributed by atoms with Crippen LogP contribution in [0.3, 0.4) is 0 Å². The summed E-state index contributed by atoms with van der Waals surface area (Å²) in [5.41, 5.74) is 0.904. The van der Waals surface area contributed by atoms with Gasteiger partial charge < -0.3 is 4.90 Å². The van der Waals surface area contributed by atoms with Gasteiger partial charge in [0.2, 0.25) is 0 Å². The summed E-state index contributed by atoms with van der Waals surface area (Å²) < 4.78 is 0. The van der Waals surface area contributed by atoms with Crippen LogP contribution in [0.15, 0.2) is 18.2 Å². The highest BCUT2D eigenvalue weighted by molar-refractivity contribution is 5.48. The lowest BCUT2D eigenvalue weighted by molar-refractivity contribution is -0.384. The second-order valence-corrected chi connectivity index (χ2v) is 2.58. The molecule has 1 aromatic carbocycles. The van der Waals surface area contributed by atoms with Crippen molar-refractivity contribution in [2.24, 2.45) is 0 Å². The minimum atomic E-state index is -0.435. The Bertz CT molecular complexity index is 280. The quantitative estimate of drug-likeness (QED) is 0.492. The predicted octanol–water partition coefficient (Wildman–Crippen LogP) is 1.46. The van der Waals surface area contributed by atoms with Gasteiger partial charge in [0, 0.05) is 38.0 Å². The summed E-state index contributed by atoms with van der Waals surface area (Å²) in [5.74, 6) is 0. The normalized spacial score (nSPS) is 9.50. The molecule has 4 nitrogen and oxygen atoms in total. The van der Waals surface area contributed by atoms with Crippen LogP contribution in [0.1, 0.15) is 0 Å². The zero-order valence-corrected chi connectivity index (χ0v) is 6.94. The van der Waals surface area contributed by atoms with E-state index in [2.05, 4.69) is 6.07 Å². The highest BCUT2D eigenvalue weighted by atomic mass is 16.6. The van der Waals surface area contributed by atoms with E-state index in [0.717, 1.165) is 5.69 Å². The number of anilines is 1. The molecule has 0 bridgehead atoms. The molecule has 63 valence electrons. The van der Waals surface area contributed by atoms with Gasteiger partial charge in [0.15, 0.2) is 0 Å². The zero-order valence-electron chi connectivity index (χ0n) is 6.94. The van der Waals surface area contributed by atoms with Crippen molar-refractivity contribution in [3.05, 3.63) is 34.4 Å². The van der Waals surface area contributed by atoms with Gasteiger partial charge in [-0.1, -0.05) is 0 Å². The molecule has 1 rings (SSSR count). The number of nitro groups is 1. The summed E-state index contributed by atoms with van der Waals surface area (Å²) in [6, 6.07) is 7.30. The molecule has 0 spiro atoms. The molecule has 0 N–H and O–H groups in total. The van der Waals surface area contributed by atoms with Gasteiger partial charge in [0.25, 0.3) is 5.69 Å². The third-order valence-electron chi connectivity index (χ3n) is 1.47. The molecule has 0 heterocycles. The second-order valence-electron chi connectivity index (χ2n) is 2.58. The Labute approximate surface area is 70.6 Å². The summed E-state index contributed by atoms with van der Waals surface area (Å²) in [5, 5.41) is 10.3. The van der Waals surface area contributed by atoms with Crippen LogP contribution in [-0.4, -0.2) is 19.0 Å². The van der Waals surface area contributed by atoms with E-state index in [1.54, 1.807) is 6.07 Å². The molecule has 0 aliphatic rings. The molecule has 0 saturated heterocycles. The van der Waals surface area contributed by atoms with Crippen LogP contribution in [0.2, 0.25) is 0 Å². The fourth-order valence-corrected chi connectivity index (χ4v) is 0.800. The predicted molar refractivity (Wildman–Crippen MR) is 46.3 cm³/mol. The number of nitro benzene ring substituents is 1. The topological polar surface area (TPSA) is 46.4 Å². The molecule has 0 atom stereocenters. The molecule has 4 heteroatoms. The van der Waals surface area contributed by atoms with E-state index in [4.69, 9.17) is 0 Å². The van der Waals surface area contributed by atoms with E-state index in [0.29, 0.717) is 0 Å². The van der Waals surface area contributed by atoms with Gasteiger partial charge in [0.1, 0.15) is 0 Å². The molecule has 0 aromatic heterocycles. The van der Waals surface area contributed by atoms with Crippen molar-refractivity contribution in [2.75, 3.05) is 19.0 Å². The maximum atomic E-state index is 10.3. The third-order valence-corrected chi connectivity index (χ3v) is 1.47. The van der Waals surface area contributed by atoms with Crippen molar-refractivity contribution in [3.63, 3.8) is 0 Å².